The molecule has 0 aromatic heterocycles. The van der Waals surface area contributed by atoms with E-state index in [-0.39, 0.29) is 12.1 Å². The first-order valence-electron chi connectivity index (χ1n) is 9.99. The van der Waals surface area contributed by atoms with Crippen LogP contribution >= 0.6 is 0 Å². The molecule has 2 aliphatic rings. The van der Waals surface area contributed by atoms with E-state index in [0.29, 0.717) is 5.56 Å². The highest BCUT2D eigenvalue weighted by Gasteiger charge is 2.50. The van der Waals surface area contributed by atoms with E-state index in [1.165, 1.54) is 24.3 Å². The molecule has 3 rings (SSSR count). The first-order chi connectivity index (χ1) is 15.2. The minimum absolute atomic E-state index is 0.0525. The summed E-state index contributed by atoms with van der Waals surface area (Å²) in [5, 5.41) is 80.9. The quantitative estimate of drug-likeness (QED) is 0.158. The van der Waals surface area contributed by atoms with Crippen molar-refractivity contribution in [3.8, 4) is 0 Å². The molecule has 0 aliphatic carbocycles. The molecule has 32 heavy (non-hydrogen) atoms. The number of rotatable bonds is 7. The van der Waals surface area contributed by atoms with E-state index in [9.17, 15) is 45.9 Å². The van der Waals surface area contributed by atoms with Gasteiger partial charge in [0.25, 0.3) is 5.69 Å². The van der Waals surface area contributed by atoms with Crippen LogP contribution in [0.25, 0.3) is 0 Å². The Labute approximate surface area is 182 Å². The Morgan fingerprint density at radius 1 is 0.812 bits per heavy atom. The normalized spacial score (nSPS) is 40.2. The molecule has 0 spiro atoms. The van der Waals surface area contributed by atoms with Gasteiger partial charge >= 0.3 is 0 Å². The van der Waals surface area contributed by atoms with Gasteiger partial charge in [-0.05, 0) is 5.56 Å². The molecule has 1 aromatic carbocycles. The molecule has 7 N–H and O–H groups in total. The predicted octanol–water partition coefficient (Wildman–Crippen LogP) is -3.20. The van der Waals surface area contributed by atoms with Crippen molar-refractivity contribution in [1.29, 1.82) is 0 Å². The fraction of sp³-hybridized carbons (Fsp3) is 0.684. The van der Waals surface area contributed by atoms with Crippen LogP contribution in [0, 0.1) is 10.1 Å². The van der Waals surface area contributed by atoms with Gasteiger partial charge in [0, 0.05) is 18.6 Å². The van der Waals surface area contributed by atoms with E-state index in [2.05, 4.69) is 0 Å². The molecule has 0 bridgehead atoms. The van der Waals surface area contributed by atoms with Gasteiger partial charge in [-0.2, -0.15) is 0 Å². The number of nitro benzene ring substituents is 1. The van der Waals surface area contributed by atoms with Crippen LogP contribution in [0.3, 0.4) is 0 Å². The molecule has 13 nitrogen and oxygen atoms in total. The minimum atomic E-state index is -1.75. The van der Waals surface area contributed by atoms with Crippen molar-refractivity contribution in [1.82, 2.24) is 0 Å². The Morgan fingerprint density at radius 3 is 1.94 bits per heavy atom. The minimum Gasteiger partial charge on any atom is -0.394 e. The van der Waals surface area contributed by atoms with Crippen molar-refractivity contribution in [3.63, 3.8) is 0 Å². The molecular formula is C19H27NO12. The summed E-state index contributed by atoms with van der Waals surface area (Å²) in [6, 6.07) is 5.51. The lowest BCUT2D eigenvalue weighted by atomic mass is 9.91. The van der Waals surface area contributed by atoms with Crippen LogP contribution in [0.15, 0.2) is 24.3 Å². The monoisotopic (exact) mass is 461 g/mol. The second-order valence-electron chi connectivity index (χ2n) is 7.80. The van der Waals surface area contributed by atoms with Gasteiger partial charge in [-0.3, -0.25) is 10.1 Å². The largest absolute Gasteiger partial charge is 0.394 e. The first-order valence-corrected chi connectivity index (χ1v) is 9.99. The second kappa shape index (κ2) is 10.4. The lowest BCUT2D eigenvalue weighted by molar-refractivity contribution is -0.384. The number of aliphatic hydroxyl groups excluding tert-OH is 7. The summed E-state index contributed by atoms with van der Waals surface area (Å²) in [5.74, 6) is 0. The topological polar surface area (TPSA) is 212 Å². The van der Waals surface area contributed by atoms with Gasteiger partial charge in [-0.15, -0.1) is 0 Å². The third kappa shape index (κ3) is 5.07. The standard InChI is InChI=1S/C19H27NO12/c21-6-11-13(23)16(26)17(27)19(31-11)32-18-14(24)10(30-12(7-22)15(18)25)5-8-1-3-9(4-2-8)20(28)29/h1-4,10-19,21-27H,5-7H2/t10-,11-,12-,13-,14+,15-,16+,17-,18-,19+/m1/s1. The number of benzene rings is 1. The second-order valence-corrected chi connectivity index (χ2v) is 7.80. The molecule has 2 fully saturated rings. The van der Waals surface area contributed by atoms with E-state index in [1.54, 1.807) is 0 Å². The van der Waals surface area contributed by atoms with Gasteiger partial charge < -0.3 is 50.0 Å². The molecule has 10 atom stereocenters. The number of hydrogen-bond acceptors (Lipinski definition) is 12. The molecule has 2 heterocycles. The molecule has 0 radical (unpaired) electrons. The highest BCUT2D eigenvalue weighted by Crippen LogP contribution is 2.30. The van der Waals surface area contributed by atoms with Gasteiger partial charge in [0.05, 0.1) is 24.2 Å². The zero-order valence-electron chi connectivity index (χ0n) is 16.8. The van der Waals surface area contributed by atoms with Crippen LogP contribution < -0.4 is 0 Å². The molecule has 2 aliphatic heterocycles. The zero-order valence-corrected chi connectivity index (χ0v) is 16.8. The van der Waals surface area contributed by atoms with Crippen LogP contribution in [0.5, 0.6) is 0 Å². The van der Waals surface area contributed by atoms with Crippen molar-refractivity contribution in [2.75, 3.05) is 13.2 Å². The van der Waals surface area contributed by atoms with Crippen molar-refractivity contribution >= 4 is 5.69 Å². The third-order valence-corrected chi connectivity index (χ3v) is 5.69. The fourth-order valence-corrected chi connectivity index (χ4v) is 3.81. The average Bonchev–Trinajstić information content (AvgIpc) is 2.78. The summed E-state index contributed by atoms with van der Waals surface area (Å²) in [6.07, 6.45) is -14.6. The molecule has 0 amide bonds. The van der Waals surface area contributed by atoms with E-state index < -0.39 is 79.4 Å². The number of hydrogen-bond donors (Lipinski definition) is 7. The summed E-state index contributed by atoms with van der Waals surface area (Å²) in [7, 11) is 0. The smallest absolute Gasteiger partial charge is 0.269 e. The lowest BCUT2D eigenvalue weighted by Crippen LogP contribution is -2.64. The number of ether oxygens (including phenoxy) is 3. The maximum Gasteiger partial charge on any atom is 0.269 e. The summed E-state index contributed by atoms with van der Waals surface area (Å²) >= 11 is 0. The van der Waals surface area contributed by atoms with Gasteiger partial charge in [-0.25, -0.2) is 0 Å². The van der Waals surface area contributed by atoms with E-state index >= 15 is 0 Å². The molecule has 180 valence electrons. The lowest BCUT2D eigenvalue weighted by Gasteiger charge is -2.46. The Morgan fingerprint density at radius 2 is 1.38 bits per heavy atom. The fourth-order valence-electron chi connectivity index (χ4n) is 3.81. The van der Waals surface area contributed by atoms with Crippen molar-refractivity contribution in [2.24, 2.45) is 0 Å². The van der Waals surface area contributed by atoms with Gasteiger partial charge in [0.15, 0.2) is 6.29 Å². The van der Waals surface area contributed by atoms with E-state index in [4.69, 9.17) is 14.2 Å². The summed E-state index contributed by atoms with van der Waals surface area (Å²) < 4.78 is 16.4. The summed E-state index contributed by atoms with van der Waals surface area (Å²) in [6.45, 7) is -1.31. The number of nitro groups is 1. The van der Waals surface area contributed by atoms with E-state index in [1.807, 2.05) is 0 Å². The first kappa shape index (κ1) is 24.9. The Bertz CT molecular complexity index is 761. The molecule has 2 saturated heterocycles. The molecule has 1 aromatic rings. The maximum atomic E-state index is 10.8. The van der Waals surface area contributed by atoms with Crippen LogP contribution in [-0.2, 0) is 20.6 Å². The van der Waals surface area contributed by atoms with Crippen LogP contribution in [0.4, 0.5) is 5.69 Å². The number of nitrogens with zero attached hydrogens (tertiary/aromatic N) is 1. The average molecular weight is 461 g/mol. The molecular weight excluding hydrogens is 434 g/mol. The maximum absolute atomic E-state index is 10.8. The summed E-state index contributed by atoms with van der Waals surface area (Å²) in [4.78, 5) is 10.2. The predicted molar refractivity (Wildman–Crippen MR) is 103 cm³/mol. The van der Waals surface area contributed by atoms with Crippen molar-refractivity contribution in [2.45, 2.75) is 67.6 Å². The molecule has 0 saturated carbocycles. The molecule has 0 unspecified atom stereocenters. The van der Waals surface area contributed by atoms with Crippen molar-refractivity contribution < 1.29 is 54.9 Å². The van der Waals surface area contributed by atoms with Gasteiger partial charge in [0.2, 0.25) is 0 Å². The van der Waals surface area contributed by atoms with E-state index in [0.717, 1.165) is 0 Å². The van der Waals surface area contributed by atoms with Gasteiger partial charge in [0.1, 0.15) is 48.8 Å². The van der Waals surface area contributed by atoms with Gasteiger partial charge in [-0.1, -0.05) is 12.1 Å². The zero-order chi connectivity index (χ0) is 23.6. The van der Waals surface area contributed by atoms with Crippen molar-refractivity contribution in [3.05, 3.63) is 39.9 Å². The Kier molecular flexibility index (Phi) is 8.11. The number of non-ortho nitro benzene ring substituents is 1. The third-order valence-electron chi connectivity index (χ3n) is 5.69. The van der Waals surface area contributed by atoms with Crippen LogP contribution in [-0.4, -0.2) is 115 Å². The Hall–Kier alpha value is -1.78. The molecule has 13 heteroatoms. The highest BCUT2D eigenvalue weighted by atomic mass is 16.7. The SMILES string of the molecule is O=[N+]([O-])c1ccc(C[C@H]2O[C@H](CO)[C@@H](O)[C@H](O[C@@H]3O[C@H](CO)[C@@H](O)[C@H](O)[C@H]3O)[C@H]2O)cc1. The highest BCUT2D eigenvalue weighted by molar-refractivity contribution is 5.33. The number of aliphatic hydroxyl groups is 7. The summed E-state index contributed by atoms with van der Waals surface area (Å²) in [5.41, 5.74) is 0.450. The van der Waals surface area contributed by atoms with Crippen LogP contribution in [0.2, 0.25) is 0 Å². The Balaban J connectivity index is 1.76. The van der Waals surface area contributed by atoms with Crippen LogP contribution in [0.1, 0.15) is 5.56 Å².